The lowest BCUT2D eigenvalue weighted by atomic mass is 9.78. The van der Waals surface area contributed by atoms with E-state index in [4.69, 9.17) is 4.74 Å². The van der Waals surface area contributed by atoms with E-state index in [-0.39, 0.29) is 5.78 Å². The molecule has 1 N–H and O–H groups in total. The number of allylic oxidation sites excluding steroid dienone is 1. The first kappa shape index (κ1) is 11.9. The minimum absolute atomic E-state index is 0.111. The van der Waals surface area contributed by atoms with Gasteiger partial charge in [-0.05, 0) is 43.7 Å². The number of ketones is 1. The molecule has 0 saturated heterocycles. The zero-order valence-electron chi connectivity index (χ0n) is 10.2. The van der Waals surface area contributed by atoms with Crippen LogP contribution in [0, 0.1) is 0 Å². The van der Waals surface area contributed by atoms with Gasteiger partial charge in [0, 0.05) is 0 Å². The molecule has 0 bridgehead atoms. The van der Waals surface area contributed by atoms with Gasteiger partial charge < -0.3 is 10.1 Å². The maximum absolute atomic E-state index is 12.2. The van der Waals surface area contributed by atoms with Gasteiger partial charge in [0.2, 0.25) is 0 Å². The maximum Gasteiger partial charge on any atom is 0.179 e. The third kappa shape index (κ3) is 1.98. The molecule has 1 atom stereocenters. The summed E-state index contributed by atoms with van der Waals surface area (Å²) >= 11 is 0. The Morgan fingerprint density at radius 1 is 1.41 bits per heavy atom. The van der Waals surface area contributed by atoms with Crippen LogP contribution in [0.5, 0.6) is 5.75 Å². The van der Waals surface area contributed by atoms with Crippen LogP contribution in [0.1, 0.15) is 18.4 Å². The lowest BCUT2D eigenvalue weighted by Gasteiger charge is -2.33. The quantitative estimate of drug-likeness (QED) is 0.865. The molecule has 0 unspecified atom stereocenters. The van der Waals surface area contributed by atoms with Gasteiger partial charge in [-0.3, -0.25) is 4.79 Å². The minimum Gasteiger partial charge on any atom is -0.497 e. The monoisotopic (exact) mass is 231 g/mol. The van der Waals surface area contributed by atoms with E-state index < -0.39 is 5.54 Å². The highest BCUT2D eigenvalue weighted by molar-refractivity contribution is 5.99. The van der Waals surface area contributed by atoms with Crippen LogP contribution in [-0.4, -0.2) is 19.9 Å². The molecule has 90 valence electrons. The van der Waals surface area contributed by atoms with Crippen molar-refractivity contribution in [3.05, 3.63) is 42.0 Å². The number of nitrogens with one attached hydrogen (secondary N) is 1. The lowest BCUT2D eigenvalue weighted by Crippen LogP contribution is -2.47. The first-order chi connectivity index (χ1) is 8.23. The summed E-state index contributed by atoms with van der Waals surface area (Å²) in [6.45, 7) is 0. The van der Waals surface area contributed by atoms with Gasteiger partial charge in [-0.25, -0.2) is 0 Å². The highest BCUT2D eigenvalue weighted by Crippen LogP contribution is 2.32. The number of carbonyl (C=O) groups excluding carboxylic acids is 1. The normalized spacial score (nSPS) is 23.8. The van der Waals surface area contributed by atoms with Gasteiger partial charge in [0.15, 0.2) is 5.78 Å². The smallest absolute Gasteiger partial charge is 0.179 e. The van der Waals surface area contributed by atoms with Crippen molar-refractivity contribution in [2.45, 2.75) is 18.4 Å². The minimum atomic E-state index is -0.594. The van der Waals surface area contributed by atoms with Crippen molar-refractivity contribution < 1.29 is 9.53 Å². The van der Waals surface area contributed by atoms with Crippen molar-refractivity contribution in [3.63, 3.8) is 0 Å². The van der Waals surface area contributed by atoms with Gasteiger partial charge in [0.1, 0.15) is 11.3 Å². The van der Waals surface area contributed by atoms with Crippen molar-refractivity contribution in [2.24, 2.45) is 0 Å². The molecule has 3 nitrogen and oxygen atoms in total. The number of hydrogen-bond donors (Lipinski definition) is 1. The summed E-state index contributed by atoms with van der Waals surface area (Å²) in [5.41, 5.74) is 0.372. The molecule has 2 rings (SSSR count). The molecule has 0 aromatic heterocycles. The number of carbonyl (C=O) groups is 1. The lowest BCUT2D eigenvalue weighted by molar-refractivity contribution is -0.121. The summed E-state index contributed by atoms with van der Waals surface area (Å²) in [5.74, 6) is 0.888. The van der Waals surface area contributed by atoms with E-state index in [9.17, 15) is 4.79 Å². The van der Waals surface area contributed by atoms with E-state index >= 15 is 0 Å². The van der Waals surface area contributed by atoms with E-state index in [2.05, 4.69) is 5.32 Å². The Morgan fingerprint density at radius 3 is 2.88 bits per heavy atom. The summed E-state index contributed by atoms with van der Waals surface area (Å²) in [4.78, 5) is 12.2. The molecule has 0 fully saturated rings. The Kier molecular flexibility index (Phi) is 3.29. The number of methoxy groups -OCH3 is 1. The molecule has 1 aliphatic carbocycles. The zero-order chi connectivity index (χ0) is 12.3. The molecular formula is C14H17NO2. The second kappa shape index (κ2) is 4.72. The predicted molar refractivity (Wildman–Crippen MR) is 67.1 cm³/mol. The van der Waals surface area contributed by atoms with Crippen molar-refractivity contribution in [1.82, 2.24) is 5.32 Å². The second-order valence-corrected chi connectivity index (χ2v) is 4.19. The summed E-state index contributed by atoms with van der Waals surface area (Å²) in [6.07, 6.45) is 5.29. The average Bonchev–Trinajstić information content (AvgIpc) is 2.40. The Labute approximate surface area is 101 Å². The van der Waals surface area contributed by atoms with Gasteiger partial charge in [-0.1, -0.05) is 18.2 Å². The Bertz CT molecular complexity index is 453. The molecule has 0 heterocycles. The Morgan fingerprint density at radius 2 is 2.24 bits per heavy atom. The molecular weight excluding hydrogens is 214 g/mol. The fourth-order valence-electron chi connectivity index (χ4n) is 2.32. The topological polar surface area (TPSA) is 38.3 Å². The molecule has 17 heavy (non-hydrogen) atoms. The zero-order valence-corrected chi connectivity index (χ0v) is 10.2. The molecule has 0 saturated carbocycles. The Balaban J connectivity index is 2.47. The molecule has 1 aromatic rings. The summed E-state index contributed by atoms with van der Waals surface area (Å²) in [6, 6.07) is 7.69. The van der Waals surface area contributed by atoms with Crippen LogP contribution in [0.4, 0.5) is 0 Å². The number of rotatable bonds is 3. The van der Waals surface area contributed by atoms with Crippen molar-refractivity contribution in [3.8, 4) is 5.75 Å². The largest absolute Gasteiger partial charge is 0.497 e. The maximum atomic E-state index is 12.2. The number of likely N-dealkylation sites (N-methyl/N-ethyl adjacent to an activating group) is 1. The molecule has 1 aromatic carbocycles. The predicted octanol–water partition coefficient (Wildman–Crippen LogP) is 2.03. The van der Waals surface area contributed by atoms with Crippen molar-refractivity contribution in [2.75, 3.05) is 14.2 Å². The first-order valence-electron chi connectivity index (χ1n) is 5.77. The van der Waals surface area contributed by atoms with Crippen LogP contribution in [0.3, 0.4) is 0 Å². The molecule has 0 amide bonds. The van der Waals surface area contributed by atoms with Crippen LogP contribution >= 0.6 is 0 Å². The van der Waals surface area contributed by atoms with Crippen molar-refractivity contribution >= 4 is 5.78 Å². The van der Waals surface area contributed by atoms with E-state index in [1.807, 2.05) is 37.4 Å². The summed E-state index contributed by atoms with van der Waals surface area (Å²) in [7, 11) is 3.46. The number of hydrogen-bond acceptors (Lipinski definition) is 3. The molecule has 0 radical (unpaired) electrons. The van der Waals surface area contributed by atoms with Gasteiger partial charge in [-0.2, -0.15) is 0 Å². The number of ether oxygens (including phenoxy) is 1. The third-order valence-electron chi connectivity index (χ3n) is 3.37. The SMILES string of the molecule is CN[C@]1(c2cccc(OC)c2)CCC=CC1=O. The van der Waals surface area contributed by atoms with Crippen LogP contribution < -0.4 is 10.1 Å². The van der Waals surface area contributed by atoms with Crippen LogP contribution in [0.2, 0.25) is 0 Å². The van der Waals surface area contributed by atoms with Gasteiger partial charge in [0.05, 0.1) is 7.11 Å². The van der Waals surface area contributed by atoms with Gasteiger partial charge in [-0.15, -0.1) is 0 Å². The van der Waals surface area contributed by atoms with Crippen molar-refractivity contribution in [1.29, 1.82) is 0 Å². The molecule has 0 aliphatic heterocycles. The van der Waals surface area contributed by atoms with Gasteiger partial charge >= 0.3 is 0 Å². The van der Waals surface area contributed by atoms with E-state index in [0.29, 0.717) is 0 Å². The summed E-state index contributed by atoms with van der Waals surface area (Å²) < 4.78 is 5.21. The fourth-order valence-corrected chi connectivity index (χ4v) is 2.32. The van der Waals surface area contributed by atoms with Crippen LogP contribution in [-0.2, 0) is 10.3 Å². The molecule has 0 spiro atoms. The van der Waals surface area contributed by atoms with Gasteiger partial charge in [0.25, 0.3) is 0 Å². The highest BCUT2D eigenvalue weighted by atomic mass is 16.5. The van der Waals surface area contributed by atoms with E-state index in [1.54, 1.807) is 13.2 Å². The molecule has 1 aliphatic rings. The average molecular weight is 231 g/mol. The van der Waals surface area contributed by atoms with Crippen LogP contribution in [0.15, 0.2) is 36.4 Å². The second-order valence-electron chi connectivity index (χ2n) is 4.19. The fraction of sp³-hybridized carbons (Fsp3) is 0.357. The molecule has 3 heteroatoms. The summed E-state index contributed by atoms with van der Waals surface area (Å²) in [5, 5.41) is 3.18. The standard InChI is InChI=1S/C14H17NO2/c1-15-14(9-4-3-8-13(14)16)11-6-5-7-12(10-11)17-2/h3,5-8,10,15H,4,9H2,1-2H3/t14-/m0/s1. The van der Waals surface area contributed by atoms with Crippen LogP contribution in [0.25, 0.3) is 0 Å². The number of benzene rings is 1. The first-order valence-corrected chi connectivity index (χ1v) is 5.77. The third-order valence-corrected chi connectivity index (χ3v) is 3.37. The Hall–Kier alpha value is -1.61. The van der Waals surface area contributed by atoms with E-state index in [0.717, 1.165) is 24.2 Å². The highest BCUT2D eigenvalue weighted by Gasteiger charge is 2.38. The van der Waals surface area contributed by atoms with E-state index in [1.165, 1.54) is 0 Å².